The summed E-state index contributed by atoms with van der Waals surface area (Å²) in [5, 5.41) is 5.72. The molecule has 0 aliphatic heterocycles. The highest BCUT2D eigenvalue weighted by atomic mass is 32.1. The van der Waals surface area contributed by atoms with E-state index in [1.165, 1.54) is 11.3 Å². The summed E-state index contributed by atoms with van der Waals surface area (Å²) in [7, 11) is 0. The van der Waals surface area contributed by atoms with Crippen molar-refractivity contribution in [2.24, 2.45) is 5.73 Å². The number of amides is 1. The molecule has 0 bridgehead atoms. The monoisotopic (exact) mass is 267 g/mol. The van der Waals surface area contributed by atoms with Crippen LogP contribution >= 0.6 is 22.7 Å². The van der Waals surface area contributed by atoms with Crippen molar-refractivity contribution < 1.29 is 4.79 Å². The molecule has 1 unspecified atom stereocenters. The Labute approximate surface area is 107 Å². The Kier molecular flexibility index (Phi) is 3.88. The Balaban J connectivity index is 1.89. The average Bonchev–Trinajstić information content (AvgIpc) is 2.95. The third-order valence-electron chi connectivity index (χ3n) is 2.24. The number of carbonyl (C=O) groups is 1. The van der Waals surface area contributed by atoms with Crippen LogP contribution in [-0.2, 0) is 11.3 Å². The number of thiazole rings is 1. The molecule has 2 aromatic rings. The fraction of sp³-hybridized carbons (Fsp3) is 0.273. The summed E-state index contributed by atoms with van der Waals surface area (Å²) in [4.78, 5) is 17.8. The smallest absolute Gasteiger partial charge is 0.242 e. The Morgan fingerprint density at radius 1 is 1.65 bits per heavy atom. The van der Waals surface area contributed by atoms with Crippen molar-refractivity contribution in [2.45, 2.75) is 19.5 Å². The topological polar surface area (TPSA) is 68.0 Å². The summed E-state index contributed by atoms with van der Waals surface area (Å²) in [5.41, 5.74) is 5.84. The van der Waals surface area contributed by atoms with Gasteiger partial charge in [-0.05, 0) is 18.4 Å². The third kappa shape index (κ3) is 3.12. The van der Waals surface area contributed by atoms with Crippen molar-refractivity contribution >= 4 is 28.6 Å². The van der Waals surface area contributed by atoms with Gasteiger partial charge in [0.1, 0.15) is 6.04 Å². The second-order valence-electron chi connectivity index (χ2n) is 3.56. The van der Waals surface area contributed by atoms with Crippen molar-refractivity contribution in [1.82, 2.24) is 10.3 Å². The Bertz CT molecular complexity index is 493. The first-order chi connectivity index (χ1) is 8.16. The molecule has 1 amide bonds. The highest BCUT2D eigenvalue weighted by molar-refractivity contribution is 7.11. The SMILES string of the molecule is Cc1ncc(CNC(=O)C(N)c2cccs2)s1. The van der Waals surface area contributed by atoms with E-state index in [2.05, 4.69) is 10.3 Å². The summed E-state index contributed by atoms with van der Waals surface area (Å²) in [6.45, 7) is 2.43. The van der Waals surface area contributed by atoms with Crippen LogP contribution in [-0.4, -0.2) is 10.9 Å². The largest absolute Gasteiger partial charge is 0.349 e. The van der Waals surface area contributed by atoms with Gasteiger partial charge in [0, 0.05) is 16.0 Å². The van der Waals surface area contributed by atoms with Gasteiger partial charge in [-0.3, -0.25) is 4.79 Å². The number of rotatable bonds is 4. The van der Waals surface area contributed by atoms with E-state index in [1.807, 2.05) is 24.4 Å². The van der Waals surface area contributed by atoms with E-state index >= 15 is 0 Å². The first kappa shape index (κ1) is 12.2. The molecule has 0 saturated carbocycles. The molecule has 3 N–H and O–H groups in total. The van der Waals surface area contributed by atoms with Crippen LogP contribution in [0.3, 0.4) is 0 Å². The first-order valence-electron chi connectivity index (χ1n) is 5.15. The molecule has 0 fully saturated rings. The second kappa shape index (κ2) is 5.39. The van der Waals surface area contributed by atoms with Gasteiger partial charge in [-0.2, -0.15) is 0 Å². The van der Waals surface area contributed by atoms with Crippen molar-refractivity contribution in [3.8, 4) is 0 Å². The molecule has 6 heteroatoms. The van der Waals surface area contributed by atoms with Crippen LogP contribution in [0.5, 0.6) is 0 Å². The number of hydrogen-bond acceptors (Lipinski definition) is 5. The maximum absolute atomic E-state index is 11.8. The lowest BCUT2D eigenvalue weighted by atomic mass is 10.2. The predicted molar refractivity (Wildman–Crippen MR) is 69.9 cm³/mol. The number of nitrogens with zero attached hydrogens (tertiary/aromatic N) is 1. The standard InChI is InChI=1S/C11H13N3OS2/c1-7-13-5-8(17-7)6-14-11(15)10(12)9-3-2-4-16-9/h2-5,10H,6,12H2,1H3,(H,14,15). The summed E-state index contributed by atoms with van der Waals surface area (Å²) in [6.07, 6.45) is 1.77. The number of aromatic nitrogens is 1. The molecule has 90 valence electrons. The number of nitrogens with two attached hydrogens (primary N) is 1. The molecule has 2 heterocycles. The van der Waals surface area contributed by atoms with E-state index < -0.39 is 6.04 Å². The van der Waals surface area contributed by atoms with Gasteiger partial charge in [-0.1, -0.05) is 6.07 Å². The van der Waals surface area contributed by atoms with E-state index in [0.717, 1.165) is 14.8 Å². The van der Waals surface area contributed by atoms with Crippen molar-refractivity contribution in [3.05, 3.63) is 38.5 Å². The minimum absolute atomic E-state index is 0.154. The van der Waals surface area contributed by atoms with Gasteiger partial charge >= 0.3 is 0 Å². The lowest BCUT2D eigenvalue weighted by molar-refractivity contribution is -0.122. The highest BCUT2D eigenvalue weighted by Crippen LogP contribution is 2.17. The Morgan fingerprint density at radius 3 is 3.06 bits per heavy atom. The average molecular weight is 267 g/mol. The summed E-state index contributed by atoms with van der Waals surface area (Å²) >= 11 is 3.06. The molecule has 4 nitrogen and oxygen atoms in total. The van der Waals surface area contributed by atoms with E-state index in [1.54, 1.807) is 17.5 Å². The van der Waals surface area contributed by atoms with Gasteiger partial charge in [0.25, 0.3) is 0 Å². The quantitative estimate of drug-likeness (QED) is 0.888. The molecule has 0 saturated heterocycles. The Hall–Kier alpha value is -1.24. The summed E-state index contributed by atoms with van der Waals surface area (Å²) < 4.78 is 0. The van der Waals surface area contributed by atoms with Gasteiger partial charge in [-0.25, -0.2) is 4.98 Å². The molecule has 2 rings (SSSR count). The third-order valence-corrected chi connectivity index (χ3v) is 4.11. The number of aryl methyl sites for hydroxylation is 1. The molecular weight excluding hydrogens is 254 g/mol. The molecule has 1 atom stereocenters. The van der Waals surface area contributed by atoms with Gasteiger partial charge in [-0.15, -0.1) is 22.7 Å². The summed E-state index contributed by atoms with van der Waals surface area (Å²) in [6, 6.07) is 3.18. The molecular formula is C11H13N3OS2. The van der Waals surface area contributed by atoms with Crippen LogP contribution in [0.15, 0.2) is 23.7 Å². The fourth-order valence-corrected chi connectivity index (χ4v) is 2.83. The van der Waals surface area contributed by atoms with Crippen LogP contribution in [0.1, 0.15) is 20.8 Å². The molecule has 0 spiro atoms. The lowest BCUT2D eigenvalue weighted by Crippen LogP contribution is -2.32. The zero-order valence-electron chi connectivity index (χ0n) is 9.34. The normalized spacial score (nSPS) is 12.4. The van der Waals surface area contributed by atoms with Gasteiger partial charge in [0.15, 0.2) is 0 Å². The van der Waals surface area contributed by atoms with Gasteiger partial charge in [0.05, 0.1) is 11.6 Å². The molecule has 0 aliphatic rings. The molecule has 2 aromatic heterocycles. The minimum atomic E-state index is -0.580. The van der Waals surface area contributed by atoms with Crippen molar-refractivity contribution in [3.63, 3.8) is 0 Å². The minimum Gasteiger partial charge on any atom is -0.349 e. The first-order valence-corrected chi connectivity index (χ1v) is 6.84. The lowest BCUT2D eigenvalue weighted by Gasteiger charge is -2.09. The van der Waals surface area contributed by atoms with E-state index in [4.69, 9.17) is 5.73 Å². The van der Waals surface area contributed by atoms with Gasteiger partial charge < -0.3 is 11.1 Å². The van der Waals surface area contributed by atoms with E-state index in [-0.39, 0.29) is 5.91 Å². The van der Waals surface area contributed by atoms with Crippen LogP contribution in [0.25, 0.3) is 0 Å². The zero-order chi connectivity index (χ0) is 12.3. The molecule has 0 aliphatic carbocycles. The Morgan fingerprint density at radius 2 is 2.47 bits per heavy atom. The maximum atomic E-state index is 11.8. The number of hydrogen-bond donors (Lipinski definition) is 2. The zero-order valence-corrected chi connectivity index (χ0v) is 11.0. The van der Waals surface area contributed by atoms with Crippen LogP contribution in [0, 0.1) is 6.92 Å². The fourth-order valence-electron chi connectivity index (χ4n) is 1.37. The van der Waals surface area contributed by atoms with Crippen LogP contribution in [0.2, 0.25) is 0 Å². The van der Waals surface area contributed by atoms with Gasteiger partial charge in [0.2, 0.25) is 5.91 Å². The number of thiophene rings is 1. The highest BCUT2D eigenvalue weighted by Gasteiger charge is 2.16. The van der Waals surface area contributed by atoms with Crippen LogP contribution in [0.4, 0.5) is 0 Å². The van der Waals surface area contributed by atoms with Crippen molar-refractivity contribution in [1.29, 1.82) is 0 Å². The van der Waals surface area contributed by atoms with Crippen LogP contribution < -0.4 is 11.1 Å². The number of carbonyl (C=O) groups excluding carboxylic acids is 1. The molecule has 0 radical (unpaired) electrons. The number of nitrogens with one attached hydrogen (secondary N) is 1. The molecule has 17 heavy (non-hydrogen) atoms. The summed E-state index contributed by atoms with van der Waals surface area (Å²) in [5.74, 6) is -0.154. The van der Waals surface area contributed by atoms with E-state index in [9.17, 15) is 4.79 Å². The second-order valence-corrected chi connectivity index (χ2v) is 5.86. The molecule has 0 aromatic carbocycles. The van der Waals surface area contributed by atoms with E-state index in [0.29, 0.717) is 6.54 Å². The predicted octanol–water partition coefficient (Wildman–Crippen LogP) is 1.83. The van der Waals surface area contributed by atoms with Crippen molar-refractivity contribution in [2.75, 3.05) is 0 Å². The maximum Gasteiger partial charge on any atom is 0.242 e.